The second kappa shape index (κ2) is 15.0. The van der Waals surface area contributed by atoms with E-state index in [1.54, 1.807) is 0 Å². The fourth-order valence-corrected chi connectivity index (χ4v) is 6.73. The Morgan fingerprint density at radius 2 is 1.18 bits per heavy atom. The third kappa shape index (κ3) is 6.99. The SMILES string of the molecule is COc1cc(C(=O)O)cc(OC)c1O.Oc1cc(O)c2c(c1)O[C@H](c1ccc(O)c(O)c1)[C@H](O)[C@H]2c1c(O)cc(O)c2c1O[C@H](c1ccc(O)c(O)c1)[C@H](O)C2. The summed E-state index contributed by atoms with van der Waals surface area (Å²) in [6.45, 7) is 0. The summed E-state index contributed by atoms with van der Waals surface area (Å²) in [5.41, 5.74) is 0.431. The average Bonchev–Trinajstić information content (AvgIpc) is 3.15. The number of hydrogen-bond acceptors (Lipinski definition) is 16. The predicted octanol–water partition coefficient (Wildman–Crippen LogP) is 4.10. The number of phenols is 9. The molecule has 2 heterocycles. The number of aromatic hydroxyl groups is 9. The molecule has 5 atom stereocenters. The van der Waals surface area contributed by atoms with E-state index in [1.807, 2.05) is 0 Å². The van der Waals surface area contributed by atoms with E-state index in [4.69, 9.17) is 24.1 Å². The molecule has 0 amide bonds. The average molecular weight is 777 g/mol. The lowest BCUT2D eigenvalue weighted by atomic mass is 9.77. The number of ether oxygens (including phenoxy) is 4. The Balaban J connectivity index is 0.000000322. The van der Waals surface area contributed by atoms with Crippen molar-refractivity contribution in [2.75, 3.05) is 14.2 Å². The highest BCUT2D eigenvalue weighted by Gasteiger charge is 2.46. The van der Waals surface area contributed by atoms with Gasteiger partial charge in [0.25, 0.3) is 0 Å². The van der Waals surface area contributed by atoms with Crippen molar-refractivity contribution in [3.05, 3.63) is 100 Å². The van der Waals surface area contributed by atoms with Crippen LogP contribution in [0.5, 0.6) is 74.7 Å². The van der Waals surface area contributed by atoms with Crippen molar-refractivity contribution in [2.24, 2.45) is 0 Å². The van der Waals surface area contributed by atoms with Gasteiger partial charge in [0, 0.05) is 41.3 Å². The normalized spacial score (nSPS) is 19.5. The molecule has 5 aromatic rings. The smallest absolute Gasteiger partial charge is 0.335 e. The molecule has 0 bridgehead atoms. The van der Waals surface area contributed by atoms with E-state index >= 15 is 0 Å². The van der Waals surface area contributed by atoms with Crippen LogP contribution < -0.4 is 18.9 Å². The van der Waals surface area contributed by atoms with Crippen molar-refractivity contribution >= 4 is 5.97 Å². The second-order valence-corrected chi connectivity index (χ2v) is 12.9. The highest BCUT2D eigenvalue weighted by Crippen LogP contribution is 2.57. The Bertz CT molecular complexity index is 2300. The summed E-state index contributed by atoms with van der Waals surface area (Å²) in [5.74, 6) is -6.26. The summed E-state index contributed by atoms with van der Waals surface area (Å²) in [7, 11) is 2.67. The molecule has 0 fully saturated rings. The molecule has 0 spiro atoms. The Morgan fingerprint density at radius 3 is 1.71 bits per heavy atom. The molecule has 12 N–H and O–H groups in total. The summed E-state index contributed by atoms with van der Waals surface area (Å²) in [6, 6.07) is 13.2. The molecule has 7 rings (SSSR count). The minimum Gasteiger partial charge on any atom is -0.508 e. The largest absolute Gasteiger partial charge is 0.508 e. The first kappa shape index (κ1) is 38.6. The van der Waals surface area contributed by atoms with Crippen LogP contribution in [0.3, 0.4) is 0 Å². The van der Waals surface area contributed by atoms with Crippen LogP contribution in [0.15, 0.2) is 66.7 Å². The van der Waals surface area contributed by atoms with Crippen molar-refractivity contribution < 1.29 is 85.0 Å². The van der Waals surface area contributed by atoms with Gasteiger partial charge in [0.1, 0.15) is 46.7 Å². The maximum absolute atomic E-state index is 11.8. The summed E-state index contributed by atoms with van der Waals surface area (Å²) in [5, 5.41) is 124. The predicted molar refractivity (Wildman–Crippen MR) is 192 cm³/mol. The van der Waals surface area contributed by atoms with Gasteiger partial charge in [-0.25, -0.2) is 4.79 Å². The van der Waals surface area contributed by atoms with Gasteiger partial charge < -0.3 is 80.2 Å². The van der Waals surface area contributed by atoms with Gasteiger partial charge in [0.05, 0.1) is 31.8 Å². The first-order valence-corrected chi connectivity index (χ1v) is 16.6. The Kier molecular flexibility index (Phi) is 10.3. The van der Waals surface area contributed by atoms with Crippen LogP contribution in [0.25, 0.3) is 0 Å². The van der Waals surface area contributed by atoms with E-state index in [1.165, 1.54) is 68.8 Å². The number of fused-ring (bicyclic) bond motifs is 2. The number of carbonyl (C=O) groups is 1. The molecule has 17 heteroatoms. The second-order valence-electron chi connectivity index (χ2n) is 12.9. The van der Waals surface area contributed by atoms with Crippen LogP contribution in [0, 0.1) is 0 Å². The lowest BCUT2D eigenvalue weighted by Gasteiger charge is -2.40. The molecule has 0 radical (unpaired) electrons. The molecule has 0 aromatic heterocycles. The number of benzene rings is 5. The fraction of sp³-hybridized carbons (Fsp3) is 0.205. The van der Waals surface area contributed by atoms with E-state index in [9.17, 15) is 61.0 Å². The fourth-order valence-electron chi connectivity index (χ4n) is 6.73. The van der Waals surface area contributed by atoms with Gasteiger partial charge in [-0.2, -0.15) is 0 Å². The number of rotatable bonds is 6. The topological polar surface area (TPSA) is 297 Å². The molecule has 5 aromatic carbocycles. The molecule has 0 saturated heterocycles. The van der Waals surface area contributed by atoms with E-state index in [-0.39, 0.29) is 74.3 Å². The minimum absolute atomic E-state index is 0.00324. The van der Waals surface area contributed by atoms with Gasteiger partial charge in [-0.15, -0.1) is 0 Å². The maximum Gasteiger partial charge on any atom is 0.335 e. The first-order chi connectivity index (χ1) is 26.5. The summed E-state index contributed by atoms with van der Waals surface area (Å²) in [4.78, 5) is 10.7. The van der Waals surface area contributed by atoms with Crippen LogP contribution in [-0.4, -0.2) is 93.7 Å². The van der Waals surface area contributed by atoms with Gasteiger partial charge >= 0.3 is 5.97 Å². The first-order valence-electron chi connectivity index (χ1n) is 16.6. The molecule has 0 unspecified atom stereocenters. The number of aliphatic hydroxyl groups excluding tert-OH is 2. The lowest BCUT2D eigenvalue weighted by molar-refractivity contribution is 0.00115. The maximum atomic E-state index is 11.8. The monoisotopic (exact) mass is 776 g/mol. The van der Waals surface area contributed by atoms with Gasteiger partial charge in [0.15, 0.2) is 40.6 Å². The zero-order chi connectivity index (χ0) is 40.7. The van der Waals surface area contributed by atoms with Crippen molar-refractivity contribution in [2.45, 2.75) is 36.8 Å². The van der Waals surface area contributed by atoms with Gasteiger partial charge in [0.2, 0.25) is 5.75 Å². The molecule has 2 aliphatic rings. The quantitative estimate of drug-likeness (QED) is 0.108. The third-order valence-electron chi connectivity index (χ3n) is 9.40. The lowest BCUT2D eigenvalue weighted by Crippen LogP contribution is -2.36. The standard InChI is InChI=1S/C30H26O12.C9H10O5/c31-13-7-20(37)24-23(8-13)41-29(12-2-4-16(33)19(36)6-12)27(40)26(24)25-21(38)10-17(34)14-9-22(39)28(42-30(14)25)11-1-3-15(32)18(35)5-11;1-13-6-3-5(9(11)12)4-7(14-2)8(6)10/h1-8,10,22,26-29,31-40H,9H2;3-4,10H,1-2H3,(H,11,12)/t22-,26-,27-,28-,29-;/m1./s1. The van der Waals surface area contributed by atoms with E-state index in [2.05, 4.69) is 0 Å². The molecule has 2 aliphatic heterocycles. The highest BCUT2D eigenvalue weighted by molar-refractivity contribution is 5.89. The summed E-state index contributed by atoms with van der Waals surface area (Å²) in [6.07, 6.45) is -5.43. The van der Waals surface area contributed by atoms with Crippen molar-refractivity contribution in [1.29, 1.82) is 0 Å². The van der Waals surface area contributed by atoms with Crippen LogP contribution in [-0.2, 0) is 6.42 Å². The van der Waals surface area contributed by atoms with Gasteiger partial charge in [-0.1, -0.05) is 12.1 Å². The van der Waals surface area contributed by atoms with E-state index in [0.29, 0.717) is 0 Å². The Hall–Kier alpha value is -7.11. The number of hydrogen-bond donors (Lipinski definition) is 12. The molecule has 56 heavy (non-hydrogen) atoms. The molecule has 294 valence electrons. The Labute approximate surface area is 316 Å². The molecule has 0 saturated carbocycles. The number of carboxylic acid groups (broad SMARTS) is 1. The van der Waals surface area contributed by atoms with Gasteiger partial charge in [-0.3, -0.25) is 0 Å². The van der Waals surface area contributed by atoms with Crippen LogP contribution in [0.1, 0.15) is 56.3 Å². The Morgan fingerprint density at radius 1 is 0.625 bits per heavy atom. The molecular weight excluding hydrogens is 740 g/mol. The number of phenolic OH excluding ortho intramolecular Hbond substituents is 9. The van der Waals surface area contributed by atoms with Gasteiger partial charge in [-0.05, 0) is 47.5 Å². The number of aromatic carboxylic acids is 1. The number of methoxy groups -OCH3 is 2. The molecule has 0 aliphatic carbocycles. The van der Waals surface area contributed by atoms with E-state index < -0.39 is 76.5 Å². The van der Waals surface area contributed by atoms with Crippen molar-refractivity contribution in [3.8, 4) is 74.7 Å². The minimum atomic E-state index is -1.59. The van der Waals surface area contributed by atoms with Crippen molar-refractivity contribution in [1.82, 2.24) is 0 Å². The number of aliphatic hydroxyl groups is 2. The summed E-state index contributed by atoms with van der Waals surface area (Å²) < 4.78 is 21.7. The van der Waals surface area contributed by atoms with Crippen LogP contribution in [0.4, 0.5) is 0 Å². The third-order valence-corrected chi connectivity index (χ3v) is 9.40. The van der Waals surface area contributed by atoms with Crippen LogP contribution in [0.2, 0.25) is 0 Å². The van der Waals surface area contributed by atoms with Crippen LogP contribution >= 0.6 is 0 Å². The highest BCUT2D eigenvalue weighted by atomic mass is 16.5. The zero-order valence-electron chi connectivity index (χ0n) is 29.4. The number of carboxylic acids is 1. The zero-order valence-corrected chi connectivity index (χ0v) is 29.4. The van der Waals surface area contributed by atoms with Crippen molar-refractivity contribution in [3.63, 3.8) is 0 Å². The molecule has 17 nitrogen and oxygen atoms in total. The van der Waals surface area contributed by atoms with E-state index in [0.717, 1.165) is 12.1 Å². The summed E-state index contributed by atoms with van der Waals surface area (Å²) >= 11 is 0. The molecular formula is C39H36O17.